The number of carbonyl (C=O) groups is 3. The summed E-state index contributed by atoms with van der Waals surface area (Å²) in [5.74, 6) is -1.37. The van der Waals surface area contributed by atoms with Gasteiger partial charge in [0.1, 0.15) is 0 Å². The highest BCUT2D eigenvalue weighted by Crippen LogP contribution is 2.30. The van der Waals surface area contributed by atoms with Crippen LogP contribution in [-0.4, -0.2) is 48.5 Å². The van der Waals surface area contributed by atoms with Crippen molar-refractivity contribution in [3.8, 4) is 0 Å². The number of nitrogens with zero attached hydrogens (tertiary/aromatic N) is 1. The molecule has 1 heterocycles. The van der Waals surface area contributed by atoms with Gasteiger partial charge in [0.2, 0.25) is 5.91 Å². The van der Waals surface area contributed by atoms with Gasteiger partial charge in [0.25, 0.3) is 5.91 Å². The Kier molecular flexibility index (Phi) is 8.34. The summed E-state index contributed by atoms with van der Waals surface area (Å²) in [4.78, 5) is 40.9. The number of aliphatic imine (C=N–C) groups is 1. The lowest BCUT2D eigenvalue weighted by molar-refractivity contribution is -0.137. The second-order valence-electron chi connectivity index (χ2n) is 9.29. The molecule has 5 N–H and O–H groups in total. The standard InChI is InChI=1S/C25H30ClN5O4/c1-25(2,3)17-9-16(10-18(26)12-17)20(13-22(33)34)31-21(32)14-29-23(35)15-5-4-6-19(11-15)30-24-27-7-8-28-24/h4-6,9-12,20H,7-8,13-14H2,1-3H3,(H,29,35)(H,31,32)(H,33,34)(H2,27,28,30)/t20-/m0/s1. The SMILES string of the molecule is CC(C)(C)c1cc(Cl)cc([C@H](CC(=O)O)NC(=O)CNC(=O)c2cccc(NC3=NCCN3)c2)c1. The molecule has 35 heavy (non-hydrogen) atoms. The third-order valence-electron chi connectivity index (χ3n) is 5.37. The van der Waals surface area contributed by atoms with Crippen molar-refractivity contribution in [1.82, 2.24) is 16.0 Å². The van der Waals surface area contributed by atoms with Crippen molar-refractivity contribution in [2.75, 3.05) is 25.0 Å². The van der Waals surface area contributed by atoms with Crippen LogP contribution in [0.4, 0.5) is 5.69 Å². The molecule has 9 nitrogen and oxygen atoms in total. The summed E-state index contributed by atoms with van der Waals surface area (Å²) in [5, 5.41) is 21.3. The van der Waals surface area contributed by atoms with Gasteiger partial charge in [-0.15, -0.1) is 0 Å². The van der Waals surface area contributed by atoms with Gasteiger partial charge in [0.05, 0.1) is 25.6 Å². The van der Waals surface area contributed by atoms with E-state index in [0.29, 0.717) is 34.3 Å². The summed E-state index contributed by atoms with van der Waals surface area (Å²) in [5.41, 5.74) is 2.35. The molecule has 0 spiro atoms. The molecule has 186 valence electrons. The minimum atomic E-state index is -1.07. The maximum absolute atomic E-state index is 12.6. The number of rotatable bonds is 8. The normalized spacial score (nSPS) is 13.9. The largest absolute Gasteiger partial charge is 0.481 e. The molecule has 10 heteroatoms. The monoisotopic (exact) mass is 499 g/mol. The molecule has 1 atom stereocenters. The fraction of sp³-hybridized carbons (Fsp3) is 0.360. The first-order chi connectivity index (χ1) is 16.5. The number of anilines is 1. The highest BCUT2D eigenvalue weighted by Gasteiger charge is 2.22. The Morgan fingerprint density at radius 1 is 1.17 bits per heavy atom. The lowest BCUT2D eigenvalue weighted by Crippen LogP contribution is -2.39. The fourth-order valence-electron chi connectivity index (χ4n) is 3.54. The number of hydrogen-bond donors (Lipinski definition) is 5. The molecule has 0 bridgehead atoms. The van der Waals surface area contributed by atoms with Crippen molar-refractivity contribution in [3.63, 3.8) is 0 Å². The van der Waals surface area contributed by atoms with Gasteiger partial charge in [-0.3, -0.25) is 19.4 Å². The number of aliphatic carboxylic acids is 1. The molecule has 0 unspecified atom stereocenters. The molecule has 0 saturated carbocycles. The molecule has 2 amide bonds. The molecule has 0 saturated heterocycles. The van der Waals surface area contributed by atoms with E-state index >= 15 is 0 Å². The van der Waals surface area contributed by atoms with Crippen molar-refractivity contribution in [3.05, 3.63) is 64.2 Å². The van der Waals surface area contributed by atoms with Crippen LogP contribution in [0.15, 0.2) is 47.5 Å². The minimum Gasteiger partial charge on any atom is -0.481 e. The number of halogens is 1. The molecule has 1 aliphatic heterocycles. The number of carboxylic acids is 1. The van der Waals surface area contributed by atoms with Crippen molar-refractivity contribution in [1.29, 1.82) is 0 Å². The van der Waals surface area contributed by atoms with Gasteiger partial charge in [-0.1, -0.05) is 44.5 Å². The first-order valence-electron chi connectivity index (χ1n) is 11.3. The molecular weight excluding hydrogens is 470 g/mol. The van der Waals surface area contributed by atoms with E-state index < -0.39 is 23.8 Å². The first kappa shape index (κ1) is 26.0. The Hall–Kier alpha value is -3.59. The molecule has 2 aromatic rings. The smallest absolute Gasteiger partial charge is 0.305 e. The van der Waals surface area contributed by atoms with Gasteiger partial charge in [-0.05, 0) is 46.9 Å². The lowest BCUT2D eigenvalue weighted by atomic mass is 9.85. The van der Waals surface area contributed by atoms with Gasteiger partial charge >= 0.3 is 5.97 Å². The van der Waals surface area contributed by atoms with Crippen LogP contribution >= 0.6 is 11.6 Å². The van der Waals surface area contributed by atoms with Gasteiger partial charge in [0.15, 0.2) is 5.96 Å². The van der Waals surface area contributed by atoms with Gasteiger partial charge in [-0.25, -0.2) is 0 Å². The Balaban J connectivity index is 1.65. The number of guanidine groups is 1. The van der Waals surface area contributed by atoms with Crippen LogP contribution in [0.2, 0.25) is 5.02 Å². The summed E-state index contributed by atoms with van der Waals surface area (Å²) < 4.78 is 0. The average molecular weight is 500 g/mol. The number of amides is 2. The molecule has 1 aliphatic rings. The number of hydrogen-bond acceptors (Lipinski definition) is 6. The molecule has 3 rings (SSSR count). The molecular formula is C25H30ClN5O4. The zero-order valence-electron chi connectivity index (χ0n) is 19.9. The van der Waals surface area contributed by atoms with E-state index in [2.05, 4.69) is 26.3 Å². The number of benzene rings is 2. The maximum Gasteiger partial charge on any atom is 0.305 e. The third-order valence-corrected chi connectivity index (χ3v) is 5.59. The van der Waals surface area contributed by atoms with Crippen LogP contribution in [0.3, 0.4) is 0 Å². The Labute approximate surface area is 209 Å². The van der Waals surface area contributed by atoms with Crippen LogP contribution in [-0.2, 0) is 15.0 Å². The Bertz CT molecular complexity index is 1140. The Morgan fingerprint density at radius 2 is 1.94 bits per heavy atom. The second-order valence-corrected chi connectivity index (χ2v) is 9.72. The third kappa shape index (κ3) is 7.71. The second kappa shape index (κ2) is 11.2. The number of nitrogens with one attached hydrogen (secondary N) is 4. The lowest BCUT2D eigenvalue weighted by Gasteiger charge is -2.23. The minimum absolute atomic E-state index is 0.213. The fourth-order valence-corrected chi connectivity index (χ4v) is 3.78. The number of carboxylic acid groups (broad SMARTS) is 1. The predicted octanol–water partition coefficient (Wildman–Crippen LogP) is 3.07. The summed E-state index contributed by atoms with van der Waals surface area (Å²) in [6.07, 6.45) is -0.324. The van der Waals surface area contributed by atoms with E-state index in [1.54, 1.807) is 30.3 Å². The summed E-state index contributed by atoms with van der Waals surface area (Å²) in [6.45, 7) is 7.19. The van der Waals surface area contributed by atoms with Crippen LogP contribution in [0.1, 0.15) is 54.7 Å². The van der Waals surface area contributed by atoms with Crippen molar-refractivity contribution in [2.24, 2.45) is 4.99 Å². The summed E-state index contributed by atoms with van der Waals surface area (Å²) in [6, 6.07) is 11.3. The van der Waals surface area contributed by atoms with Gasteiger partial charge in [0, 0.05) is 22.8 Å². The molecule has 0 aromatic heterocycles. The quantitative estimate of drug-likeness (QED) is 0.379. The molecule has 0 fully saturated rings. The van der Waals surface area contributed by atoms with Crippen LogP contribution in [0.25, 0.3) is 0 Å². The Morgan fingerprint density at radius 3 is 2.60 bits per heavy atom. The molecule has 2 aromatic carbocycles. The van der Waals surface area contributed by atoms with Gasteiger partial charge < -0.3 is 26.4 Å². The van der Waals surface area contributed by atoms with Crippen LogP contribution in [0.5, 0.6) is 0 Å². The zero-order valence-corrected chi connectivity index (χ0v) is 20.7. The average Bonchev–Trinajstić information content (AvgIpc) is 3.29. The van der Waals surface area contributed by atoms with Gasteiger partial charge in [-0.2, -0.15) is 0 Å². The topological polar surface area (TPSA) is 132 Å². The molecule has 0 aliphatic carbocycles. The van der Waals surface area contributed by atoms with Crippen molar-refractivity contribution >= 4 is 41.0 Å². The summed E-state index contributed by atoms with van der Waals surface area (Å²) >= 11 is 6.28. The van der Waals surface area contributed by atoms with E-state index in [1.165, 1.54) is 0 Å². The zero-order chi connectivity index (χ0) is 25.6. The highest BCUT2D eigenvalue weighted by molar-refractivity contribution is 6.30. The number of carbonyl (C=O) groups excluding carboxylic acids is 2. The van der Waals surface area contributed by atoms with E-state index in [9.17, 15) is 19.5 Å². The predicted molar refractivity (Wildman–Crippen MR) is 136 cm³/mol. The van der Waals surface area contributed by atoms with Crippen LogP contribution < -0.4 is 21.3 Å². The van der Waals surface area contributed by atoms with E-state index in [1.807, 2.05) is 32.9 Å². The van der Waals surface area contributed by atoms with E-state index in [0.717, 1.165) is 12.1 Å². The van der Waals surface area contributed by atoms with E-state index in [4.69, 9.17) is 11.6 Å². The van der Waals surface area contributed by atoms with Crippen molar-refractivity contribution < 1.29 is 19.5 Å². The maximum atomic E-state index is 12.6. The molecule has 0 radical (unpaired) electrons. The highest BCUT2D eigenvalue weighted by atomic mass is 35.5. The van der Waals surface area contributed by atoms with Crippen LogP contribution in [0, 0.1) is 0 Å². The van der Waals surface area contributed by atoms with E-state index in [-0.39, 0.29) is 18.4 Å². The summed E-state index contributed by atoms with van der Waals surface area (Å²) in [7, 11) is 0. The van der Waals surface area contributed by atoms with Crippen molar-refractivity contribution in [2.45, 2.75) is 38.6 Å². The first-order valence-corrected chi connectivity index (χ1v) is 11.6.